The highest BCUT2D eigenvalue weighted by Crippen LogP contribution is 2.27. The van der Waals surface area contributed by atoms with Crippen LogP contribution in [0.3, 0.4) is 0 Å². The number of fused-ring (bicyclic) bond motifs is 1. The van der Waals surface area contributed by atoms with Gasteiger partial charge in [-0.1, -0.05) is 6.07 Å². The van der Waals surface area contributed by atoms with Gasteiger partial charge in [0.25, 0.3) is 26.1 Å². The van der Waals surface area contributed by atoms with Crippen LogP contribution in [0.1, 0.15) is 56.2 Å². The number of sulfonamides is 1. The number of nitrogens with zero attached hydrogens (tertiary/aromatic N) is 1. The average Bonchev–Trinajstić information content (AvgIpc) is 3.69. The van der Waals surface area contributed by atoms with Crippen molar-refractivity contribution in [2.45, 2.75) is 75.4 Å². The van der Waals surface area contributed by atoms with E-state index in [9.17, 15) is 54.3 Å². The summed E-state index contributed by atoms with van der Waals surface area (Å²) in [7, 11) is -13.9. The number of hydrogen-bond acceptors (Lipinski definition) is 16. The van der Waals surface area contributed by atoms with Crippen molar-refractivity contribution in [1.29, 1.82) is 0 Å². The number of hydrogen-bond donors (Lipinski definition) is 10. The number of ether oxygens (including phenoxy) is 1. The summed E-state index contributed by atoms with van der Waals surface area (Å²) in [5.41, 5.74) is 7.93. The highest BCUT2D eigenvalue weighted by molar-refractivity contribution is 7.89. The number of amides is 4. The molecule has 65 heavy (non-hydrogen) atoms. The number of carbonyl (C=O) groups is 5. The Hall–Kier alpha value is -5.29. The molecule has 358 valence electrons. The van der Waals surface area contributed by atoms with E-state index in [-0.39, 0.29) is 54.3 Å². The quantitative estimate of drug-likeness (QED) is 0.0361. The zero-order chi connectivity index (χ0) is 48.1. The Bertz CT molecular complexity index is 2550. The molecule has 4 amide bonds. The van der Waals surface area contributed by atoms with Crippen LogP contribution in [0.2, 0.25) is 0 Å². The zero-order valence-electron chi connectivity index (χ0n) is 35.3. The van der Waals surface area contributed by atoms with E-state index in [0.29, 0.717) is 17.7 Å². The second-order valence-corrected chi connectivity index (χ2v) is 20.8. The predicted octanol–water partition coefficient (Wildman–Crippen LogP) is -0.956. The van der Waals surface area contributed by atoms with Crippen molar-refractivity contribution >= 4 is 77.0 Å². The van der Waals surface area contributed by atoms with Crippen molar-refractivity contribution in [1.82, 2.24) is 31.0 Å². The van der Waals surface area contributed by atoms with Gasteiger partial charge in [0.05, 0.1) is 22.1 Å². The Morgan fingerprint density at radius 2 is 1.55 bits per heavy atom. The third-order valence-corrected chi connectivity index (χ3v) is 14.0. The molecular formula is C38H52N8O15S4. The molecule has 27 heteroatoms. The normalized spacial score (nSPS) is 14.2. The van der Waals surface area contributed by atoms with Gasteiger partial charge < -0.3 is 42.2 Å². The van der Waals surface area contributed by atoms with E-state index >= 15 is 0 Å². The molecule has 11 N–H and O–H groups in total. The van der Waals surface area contributed by atoms with E-state index in [0.717, 1.165) is 35.8 Å². The fraction of sp³-hybridized carbons (Fsp3) is 0.474. The fourth-order valence-electron chi connectivity index (χ4n) is 6.52. The second kappa shape index (κ2) is 23.2. The van der Waals surface area contributed by atoms with E-state index < -0.39 is 96.0 Å². The van der Waals surface area contributed by atoms with E-state index in [1.165, 1.54) is 42.9 Å². The molecule has 0 saturated carbocycles. The Morgan fingerprint density at radius 1 is 0.877 bits per heavy atom. The summed E-state index contributed by atoms with van der Waals surface area (Å²) in [6, 6.07) is 4.89. The van der Waals surface area contributed by atoms with E-state index in [4.69, 9.17) is 24.6 Å². The lowest BCUT2D eigenvalue weighted by Crippen LogP contribution is -2.56. The molecule has 1 aliphatic heterocycles. The van der Waals surface area contributed by atoms with Crippen molar-refractivity contribution in [3.63, 3.8) is 0 Å². The molecular weight excluding hydrogens is 937 g/mol. The van der Waals surface area contributed by atoms with Crippen molar-refractivity contribution in [2.24, 2.45) is 5.73 Å². The average molecular weight is 989 g/mol. The summed E-state index contributed by atoms with van der Waals surface area (Å²) >= 11 is 1.25. The SMILES string of the molecule is Cc1cc(OCCCC(=O)NCCNC(=O)C(CS(=O)(=O)O)NC(=O)C(N)CS(=O)(=O)O)cc(C)c1S(=O)(=O)NC(CNC(=O)c1ccc(CCc2ccc3c(n2)NCCC3)s1)C(=O)O. The standard InChI is InChI=1S/C38H52N8O15S4/c1-22-17-26(61-16-4-6-32(47)40-14-15-42-36(49)30(21-64(56,57)58)45-35(48)28(39)20-63(53,54)55)18-23(2)33(22)65(59,60)46-29(38(51)52)19-43-37(50)31-12-11-27(62-31)10-9-25-8-7-24-5-3-13-41-34(24)44-25/h7-8,11-12,17-18,28-30,46H,3-6,9-10,13-16,19-21,39H2,1-2H3,(H,40,47)(H,41,44)(H,42,49)(H,43,50)(H,45,48)(H,51,52)(H,53,54,55)(H,56,57,58). The maximum atomic E-state index is 13.5. The number of carbonyl (C=O) groups excluding carboxylic acids is 4. The fourth-order valence-corrected chi connectivity index (χ4v) is 10.3. The van der Waals surface area contributed by atoms with Gasteiger partial charge in [-0.2, -0.15) is 21.6 Å². The number of aliphatic carboxylic acids is 1. The van der Waals surface area contributed by atoms with Gasteiger partial charge in [0.15, 0.2) is 0 Å². The Balaban J connectivity index is 1.20. The predicted molar refractivity (Wildman–Crippen MR) is 236 cm³/mol. The van der Waals surface area contributed by atoms with E-state index in [2.05, 4.69) is 32.1 Å². The van der Waals surface area contributed by atoms with Crippen LogP contribution in [-0.4, -0.2) is 136 Å². The summed E-state index contributed by atoms with van der Waals surface area (Å²) in [5, 5.41) is 22.3. The summed E-state index contributed by atoms with van der Waals surface area (Å²) in [5.74, 6) is -6.31. The van der Waals surface area contributed by atoms with Gasteiger partial charge in [0.1, 0.15) is 35.4 Å². The number of nitrogens with two attached hydrogens (primary N) is 1. The van der Waals surface area contributed by atoms with Crippen LogP contribution in [0.15, 0.2) is 41.3 Å². The van der Waals surface area contributed by atoms with Gasteiger partial charge in [0, 0.05) is 43.2 Å². The van der Waals surface area contributed by atoms with Crippen LogP contribution in [0.4, 0.5) is 5.82 Å². The van der Waals surface area contributed by atoms with Crippen molar-refractivity contribution in [3.8, 4) is 5.75 Å². The molecule has 1 aliphatic rings. The third kappa shape index (κ3) is 17.2. The summed E-state index contributed by atoms with van der Waals surface area (Å²) in [6.45, 7) is 2.92. The molecule has 3 heterocycles. The second-order valence-electron chi connectivity index (χ2n) is 15.0. The number of thiophene rings is 1. The number of anilines is 1. The van der Waals surface area contributed by atoms with Crippen molar-refractivity contribution in [2.75, 3.05) is 49.6 Å². The molecule has 3 aromatic rings. The monoisotopic (exact) mass is 988 g/mol. The number of pyridine rings is 1. The lowest BCUT2D eigenvalue weighted by molar-refractivity contribution is -0.138. The molecule has 0 radical (unpaired) electrons. The first-order valence-corrected chi connectivity index (χ1v) is 25.5. The number of benzene rings is 1. The molecule has 23 nitrogen and oxygen atoms in total. The molecule has 3 atom stereocenters. The van der Waals surface area contributed by atoms with Crippen LogP contribution >= 0.6 is 11.3 Å². The smallest absolute Gasteiger partial charge is 0.323 e. The number of nitrogens with one attached hydrogen (secondary N) is 6. The molecule has 1 aromatic carbocycles. The van der Waals surface area contributed by atoms with Crippen molar-refractivity contribution in [3.05, 3.63) is 68.5 Å². The molecule has 0 aliphatic carbocycles. The largest absolute Gasteiger partial charge is 0.494 e. The number of carboxylic acid groups (broad SMARTS) is 1. The van der Waals surface area contributed by atoms with Gasteiger partial charge in [-0.25, -0.2) is 13.4 Å². The van der Waals surface area contributed by atoms with Crippen LogP contribution < -0.4 is 41.8 Å². The van der Waals surface area contributed by atoms with Crippen molar-refractivity contribution < 1.29 is 68.2 Å². The van der Waals surface area contributed by atoms with Crippen LogP contribution in [0.25, 0.3) is 0 Å². The van der Waals surface area contributed by atoms with Gasteiger partial charge >= 0.3 is 5.97 Å². The highest BCUT2D eigenvalue weighted by atomic mass is 32.2. The Kier molecular flexibility index (Phi) is 18.7. The highest BCUT2D eigenvalue weighted by Gasteiger charge is 2.31. The summed E-state index contributed by atoms with van der Waals surface area (Å²) in [4.78, 5) is 67.8. The Morgan fingerprint density at radius 3 is 2.22 bits per heavy atom. The first-order chi connectivity index (χ1) is 30.4. The lowest BCUT2D eigenvalue weighted by atomic mass is 10.1. The molecule has 0 saturated heterocycles. The van der Waals surface area contributed by atoms with Gasteiger partial charge in [-0.3, -0.25) is 33.1 Å². The number of aryl methyl sites for hydroxylation is 5. The molecule has 0 bridgehead atoms. The first kappa shape index (κ1) is 52.3. The Labute approximate surface area is 379 Å². The zero-order valence-corrected chi connectivity index (χ0v) is 38.6. The maximum Gasteiger partial charge on any atom is 0.323 e. The molecule has 0 spiro atoms. The first-order valence-electron chi connectivity index (χ1n) is 20.0. The van der Waals surface area contributed by atoms with E-state index in [1.54, 1.807) is 6.07 Å². The minimum atomic E-state index is -4.82. The van der Waals surface area contributed by atoms with Crippen LogP contribution in [0.5, 0.6) is 5.75 Å². The van der Waals surface area contributed by atoms with E-state index in [1.807, 2.05) is 17.4 Å². The molecule has 4 rings (SSSR count). The van der Waals surface area contributed by atoms with Gasteiger partial charge in [0.2, 0.25) is 27.7 Å². The number of carboxylic acids is 1. The van der Waals surface area contributed by atoms with Crippen LogP contribution in [0, 0.1) is 13.8 Å². The number of aromatic nitrogens is 1. The minimum absolute atomic E-state index is 0.0141. The summed E-state index contributed by atoms with van der Waals surface area (Å²) < 4.78 is 97.6. The topological polar surface area (TPSA) is 369 Å². The number of rotatable bonds is 25. The van der Waals surface area contributed by atoms with Gasteiger partial charge in [-0.15, -0.1) is 11.3 Å². The van der Waals surface area contributed by atoms with Gasteiger partial charge in [-0.05, 0) is 93.0 Å². The lowest BCUT2D eigenvalue weighted by Gasteiger charge is -2.19. The molecule has 3 unspecified atom stereocenters. The summed E-state index contributed by atoms with van der Waals surface area (Å²) in [6.07, 6.45) is 3.48. The minimum Gasteiger partial charge on any atom is -0.494 e. The molecule has 2 aromatic heterocycles. The molecule has 0 fully saturated rings. The van der Waals surface area contributed by atoms with Crippen LogP contribution in [-0.2, 0) is 68.7 Å². The third-order valence-electron chi connectivity index (χ3n) is 9.53. The maximum absolute atomic E-state index is 13.5.